The zero-order valence-corrected chi connectivity index (χ0v) is 35.6. The molecule has 5 aromatic carbocycles. The molecule has 1 aromatic heterocycles. The molecule has 10 heteroatoms. The van der Waals surface area contributed by atoms with E-state index >= 15 is 0 Å². The third-order valence-corrected chi connectivity index (χ3v) is 15.2. The number of carbonyl (C=O) groups excluding carboxylic acids is 1. The molecule has 6 aromatic rings. The Morgan fingerprint density at radius 2 is 1.56 bits per heavy atom. The van der Waals surface area contributed by atoms with Crippen LogP contribution in [0.25, 0.3) is 28.1 Å². The van der Waals surface area contributed by atoms with Gasteiger partial charge in [0.1, 0.15) is 23.9 Å². The number of amides is 1. The fourth-order valence-electron chi connectivity index (χ4n) is 6.51. The minimum Gasteiger partial charge on any atom is -0.493 e. The number of carbonyl (C=O) groups is 1. The lowest BCUT2D eigenvalue weighted by Crippen LogP contribution is -2.43. The van der Waals surface area contributed by atoms with Crippen molar-refractivity contribution in [3.63, 3.8) is 0 Å². The minimum absolute atomic E-state index is 0.00986. The lowest BCUT2D eigenvalue weighted by Gasteiger charge is -2.39. The Bertz CT molecular complexity index is 2390. The van der Waals surface area contributed by atoms with E-state index in [2.05, 4.69) is 62.4 Å². The van der Waals surface area contributed by atoms with E-state index in [0.29, 0.717) is 43.2 Å². The maximum absolute atomic E-state index is 12.6. The van der Waals surface area contributed by atoms with Crippen molar-refractivity contribution in [1.82, 2.24) is 10.3 Å². The van der Waals surface area contributed by atoms with Crippen molar-refractivity contribution in [3.8, 4) is 28.4 Å². The number of aromatic nitrogens is 1. The zero-order valence-electron chi connectivity index (χ0n) is 34.6. The largest absolute Gasteiger partial charge is 0.493 e. The lowest BCUT2D eigenvalue weighted by atomic mass is 10.0. The second-order valence-electron chi connectivity index (χ2n) is 16.1. The summed E-state index contributed by atoms with van der Waals surface area (Å²) in [7, 11) is -2.19. The van der Waals surface area contributed by atoms with Crippen LogP contribution in [0.5, 0.6) is 17.2 Å². The number of nitrogens with two attached hydrogens (primary N) is 1. The number of hydrogen-bond donors (Lipinski definition) is 3. The molecule has 0 saturated heterocycles. The summed E-state index contributed by atoms with van der Waals surface area (Å²) in [6.07, 6.45) is 4.45. The third kappa shape index (κ3) is 11.8. The Labute approximate surface area is 348 Å². The van der Waals surface area contributed by atoms with Gasteiger partial charge >= 0.3 is 6.09 Å². The second kappa shape index (κ2) is 19.7. The maximum atomic E-state index is 12.6. The standard InChI is InChI=1S/C49H55N3O6Si/c1-49(2,3)59(4,5)58-45(41-25-27-43(47-42(41)26-28-46(53)52-47)56-34-37-15-8-6-9-16-37)33-51-30-29-35-19-22-39(23-20-35)55-31-13-12-14-36-21-24-40(38-17-10-7-11-18-38)44(32-36)57-48(50)54/h6-12,14-28,32,45,51H,13,29-31,33-34H2,1-5H3,(H2,50,54)(H,52,53)/b14-12+/t45-/m0/s1. The molecule has 1 amide bonds. The minimum atomic E-state index is -2.19. The molecule has 9 nitrogen and oxygen atoms in total. The first-order valence-electron chi connectivity index (χ1n) is 20.1. The molecule has 306 valence electrons. The van der Waals surface area contributed by atoms with Crippen LogP contribution in [0.3, 0.4) is 0 Å². The van der Waals surface area contributed by atoms with Gasteiger partial charge in [0.15, 0.2) is 8.32 Å². The van der Waals surface area contributed by atoms with Crippen LogP contribution in [0.4, 0.5) is 4.79 Å². The molecule has 0 aliphatic carbocycles. The molecule has 0 unspecified atom stereocenters. The number of pyridine rings is 1. The summed E-state index contributed by atoms with van der Waals surface area (Å²) in [6, 6.07) is 41.1. The quantitative estimate of drug-likeness (QED) is 0.0583. The summed E-state index contributed by atoms with van der Waals surface area (Å²) in [5.41, 5.74) is 11.7. The molecule has 0 fully saturated rings. The molecular formula is C49H55N3O6Si. The summed E-state index contributed by atoms with van der Waals surface area (Å²) in [6.45, 7) is 13.6. The number of rotatable bonds is 18. The van der Waals surface area contributed by atoms with Crippen LogP contribution >= 0.6 is 0 Å². The van der Waals surface area contributed by atoms with Crippen LogP contribution in [0.15, 0.2) is 138 Å². The first kappa shape index (κ1) is 42.7. The van der Waals surface area contributed by atoms with Gasteiger partial charge in [-0.3, -0.25) is 4.79 Å². The molecule has 0 saturated carbocycles. The molecule has 59 heavy (non-hydrogen) atoms. The van der Waals surface area contributed by atoms with Gasteiger partial charge in [0.05, 0.1) is 18.2 Å². The van der Waals surface area contributed by atoms with E-state index in [1.165, 1.54) is 5.56 Å². The number of ether oxygens (including phenoxy) is 3. The van der Waals surface area contributed by atoms with Crippen LogP contribution < -0.4 is 30.8 Å². The van der Waals surface area contributed by atoms with Crippen molar-refractivity contribution in [3.05, 3.63) is 166 Å². The first-order chi connectivity index (χ1) is 28.4. The Morgan fingerprint density at radius 1 is 0.831 bits per heavy atom. The van der Waals surface area contributed by atoms with Gasteiger partial charge in [0, 0.05) is 23.6 Å². The Hall–Kier alpha value is -5.94. The number of benzene rings is 5. The van der Waals surface area contributed by atoms with E-state index < -0.39 is 14.4 Å². The Balaban J connectivity index is 1.04. The molecule has 0 aliphatic heterocycles. The smallest absolute Gasteiger partial charge is 0.409 e. The van der Waals surface area contributed by atoms with Crippen LogP contribution in [0.2, 0.25) is 18.1 Å². The van der Waals surface area contributed by atoms with Gasteiger partial charge in [-0.25, -0.2) is 4.79 Å². The first-order valence-corrected chi connectivity index (χ1v) is 23.0. The predicted octanol–water partition coefficient (Wildman–Crippen LogP) is 10.6. The number of fused-ring (bicyclic) bond motifs is 1. The molecule has 0 radical (unpaired) electrons. The van der Waals surface area contributed by atoms with Gasteiger partial charge in [0.2, 0.25) is 5.56 Å². The third-order valence-electron chi connectivity index (χ3n) is 10.7. The van der Waals surface area contributed by atoms with Gasteiger partial charge in [0.25, 0.3) is 0 Å². The normalized spacial score (nSPS) is 12.4. The van der Waals surface area contributed by atoms with Crippen molar-refractivity contribution in [2.75, 3.05) is 19.7 Å². The molecule has 6 rings (SSSR count). The van der Waals surface area contributed by atoms with E-state index in [4.69, 9.17) is 24.4 Å². The van der Waals surface area contributed by atoms with Crippen molar-refractivity contribution in [2.45, 2.75) is 64.5 Å². The van der Waals surface area contributed by atoms with Crippen molar-refractivity contribution in [1.29, 1.82) is 0 Å². The van der Waals surface area contributed by atoms with E-state index in [-0.39, 0.29) is 16.7 Å². The van der Waals surface area contributed by atoms with Crippen LogP contribution in [-0.4, -0.2) is 39.1 Å². The molecule has 0 aliphatic rings. The zero-order chi connectivity index (χ0) is 41.8. The molecule has 1 atom stereocenters. The van der Waals surface area contributed by atoms with Crippen LogP contribution in [0, 0.1) is 0 Å². The monoisotopic (exact) mass is 809 g/mol. The maximum Gasteiger partial charge on any atom is 0.409 e. The number of aromatic amines is 1. The molecule has 4 N–H and O–H groups in total. The average molecular weight is 810 g/mol. The predicted molar refractivity (Wildman–Crippen MR) is 241 cm³/mol. The molecule has 1 heterocycles. The molecule has 0 bridgehead atoms. The number of hydrogen-bond acceptors (Lipinski definition) is 7. The SMILES string of the molecule is CC(C)(C)[Si](C)(C)O[C@@H](CNCCc1ccc(OCC/C=C/c2ccc(-c3ccccc3)c(OC(N)=O)c2)cc1)c1ccc(OCc2ccccc2)c2[nH]c(=O)ccc12. The van der Waals surface area contributed by atoms with Crippen molar-refractivity contribution < 1.29 is 23.4 Å². The topological polar surface area (TPSA) is 125 Å². The number of nitrogens with one attached hydrogen (secondary N) is 2. The average Bonchev–Trinajstić information content (AvgIpc) is 3.21. The molecular weight excluding hydrogens is 755 g/mol. The highest BCUT2D eigenvalue weighted by molar-refractivity contribution is 6.74. The van der Waals surface area contributed by atoms with Gasteiger partial charge in [-0.05, 0) is 95.7 Å². The van der Waals surface area contributed by atoms with E-state index in [1.54, 1.807) is 6.07 Å². The van der Waals surface area contributed by atoms with Gasteiger partial charge in [-0.2, -0.15) is 0 Å². The van der Waals surface area contributed by atoms with Crippen LogP contribution in [-0.2, 0) is 17.5 Å². The summed E-state index contributed by atoms with van der Waals surface area (Å²) < 4.78 is 24.7. The van der Waals surface area contributed by atoms with E-state index in [1.807, 2.05) is 115 Å². The van der Waals surface area contributed by atoms with E-state index in [9.17, 15) is 9.59 Å². The van der Waals surface area contributed by atoms with E-state index in [0.717, 1.165) is 51.9 Å². The Morgan fingerprint density at radius 3 is 2.27 bits per heavy atom. The fourth-order valence-corrected chi connectivity index (χ4v) is 7.78. The van der Waals surface area contributed by atoms with Crippen molar-refractivity contribution >= 4 is 31.4 Å². The number of H-pyrrole nitrogens is 1. The number of primary amides is 1. The highest BCUT2D eigenvalue weighted by Crippen LogP contribution is 2.41. The molecule has 0 spiro atoms. The Kier molecular flexibility index (Phi) is 14.2. The fraction of sp³-hybridized carbons (Fsp3) is 0.265. The van der Waals surface area contributed by atoms with Gasteiger partial charge < -0.3 is 34.7 Å². The summed E-state index contributed by atoms with van der Waals surface area (Å²) in [4.78, 5) is 27.2. The summed E-state index contributed by atoms with van der Waals surface area (Å²) in [5.74, 6) is 1.86. The summed E-state index contributed by atoms with van der Waals surface area (Å²) in [5, 5.41) is 4.59. The van der Waals surface area contributed by atoms with Gasteiger partial charge in [-0.15, -0.1) is 0 Å². The highest BCUT2D eigenvalue weighted by atomic mass is 28.4. The van der Waals surface area contributed by atoms with Crippen molar-refractivity contribution in [2.24, 2.45) is 5.73 Å². The second-order valence-corrected chi connectivity index (χ2v) is 20.8. The lowest BCUT2D eigenvalue weighted by molar-refractivity contribution is 0.182. The summed E-state index contributed by atoms with van der Waals surface area (Å²) >= 11 is 0. The highest BCUT2D eigenvalue weighted by Gasteiger charge is 2.39. The van der Waals surface area contributed by atoms with Crippen LogP contribution in [0.1, 0.15) is 55.5 Å². The van der Waals surface area contributed by atoms with Gasteiger partial charge in [-0.1, -0.05) is 124 Å².